The molecule has 1 heterocycles. The zero-order chi connectivity index (χ0) is 20.5. The van der Waals surface area contributed by atoms with E-state index in [1.807, 2.05) is 0 Å². The van der Waals surface area contributed by atoms with Gasteiger partial charge in [-0.3, -0.25) is 0 Å². The molecule has 1 saturated heterocycles. The zero-order valence-corrected chi connectivity index (χ0v) is 19.9. The van der Waals surface area contributed by atoms with Gasteiger partial charge in [0.2, 0.25) is 0 Å². The van der Waals surface area contributed by atoms with E-state index in [1.165, 1.54) is 109 Å². The standard InChI is InChI=1S/C26H52O2/c1-5-7-9-11-13-15-16-18-20-24(3)28-26(4)22-23-27-25(26)21-19-17-14-12-10-8-6-2/h24-25H,5-23H2,1-4H3. The third kappa shape index (κ3) is 11.8. The summed E-state index contributed by atoms with van der Waals surface area (Å²) in [5, 5.41) is 0. The van der Waals surface area contributed by atoms with Crippen molar-refractivity contribution < 1.29 is 9.47 Å². The Labute approximate surface area is 177 Å². The first-order valence-corrected chi connectivity index (χ1v) is 12.9. The summed E-state index contributed by atoms with van der Waals surface area (Å²) in [4.78, 5) is 0. The first-order valence-electron chi connectivity index (χ1n) is 12.9. The summed E-state index contributed by atoms with van der Waals surface area (Å²) in [7, 11) is 0. The maximum absolute atomic E-state index is 6.56. The minimum atomic E-state index is -0.0538. The molecule has 168 valence electrons. The van der Waals surface area contributed by atoms with Gasteiger partial charge in [0.15, 0.2) is 0 Å². The van der Waals surface area contributed by atoms with Crippen LogP contribution < -0.4 is 0 Å². The van der Waals surface area contributed by atoms with Crippen molar-refractivity contribution in [2.75, 3.05) is 6.61 Å². The fraction of sp³-hybridized carbons (Fsp3) is 1.00. The van der Waals surface area contributed by atoms with Crippen LogP contribution in [0.15, 0.2) is 0 Å². The Hall–Kier alpha value is -0.0800. The largest absolute Gasteiger partial charge is 0.375 e. The van der Waals surface area contributed by atoms with Crippen LogP contribution in [-0.2, 0) is 9.47 Å². The highest BCUT2D eigenvalue weighted by Crippen LogP contribution is 2.34. The van der Waals surface area contributed by atoms with E-state index in [4.69, 9.17) is 9.47 Å². The van der Waals surface area contributed by atoms with Crippen molar-refractivity contribution in [1.82, 2.24) is 0 Å². The van der Waals surface area contributed by atoms with E-state index >= 15 is 0 Å². The van der Waals surface area contributed by atoms with Crippen LogP contribution in [0.2, 0.25) is 0 Å². The van der Waals surface area contributed by atoms with Gasteiger partial charge in [-0.2, -0.15) is 0 Å². The first kappa shape index (κ1) is 26.0. The maximum atomic E-state index is 6.56. The van der Waals surface area contributed by atoms with E-state index in [2.05, 4.69) is 27.7 Å². The molecule has 2 nitrogen and oxygen atoms in total. The number of rotatable bonds is 19. The Morgan fingerprint density at radius 2 is 1.29 bits per heavy atom. The minimum absolute atomic E-state index is 0.0538. The van der Waals surface area contributed by atoms with Gasteiger partial charge >= 0.3 is 0 Å². The van der Waals surface area contributed by atoms with Crippen LogP contribution in [0.3, 0.4) is 0 Å². The molecular formula is C26H52O2. The lowest BCUT2D eigenvalue weighted by Crippen LogP contribution is -2.40. The van der Waals surface area contributed by atoms with Crippen LogP contribution in [0, 0.1) is 0 Å². The molecule has 1 rings (SSSR count). The lowest BCUT2D eigenvalue weighted by molar-refractivity contribution is -0.116. The molecular weight excluding hydrogens is 344 g/mol. The average molecular weight is 397 g/mol. The van der Waals surface area contributed by atoms with Crippen LogP contribution in [-0.4, -0.2) is 24.4 Å². The van der Waals surface area contributed by atoms with Crippen molar-refractivity contribution in [3.63, 3.8) is 0 Å². The van der Waals surface area contributed by atoms with E-state index in [-0.39, 0.29) is 5.60 Å². The number of hydrogen-bond donors (Lipinski definition) is 0. The molecule has 0 aliphatic carbocycles. The Morgan fingerprint density at radius 1 is 0.786 bits per heavy atom. The molecule has 1 aliphatic rings. The van der Waals surface area contributed by atoms with Crippen LogP contribution >= 0.6 is 0 Å². The Kier molecular flexibility index (Phi) is 15.5. The molecule has 2 heteroatoms. The second-order valence-electron chi connectivity index (χ2n) is 9.52. The van der Waals surface area contributed by atoms with Gasteiger partial charge in [0, 0.05) is 13.0 Å². The van der Waals surface area contributed by atoms with E-state index in [1.54, 1.807) is 0 Å². The molecule has 0 aromatic heterocycles. The van der Waals surface area contributed by atoms with Crippen molar-refractivity contribution in [2.24, 2.45) is 0 Å². The van der Waals surface area contributed by atoms with E-state index in [0.29, 0.717) is 12.2 Å². The quantitative estimate of drug-likeness (QED) is 0.203. The van der Waals surface area contributed by atoms with Crippen molar-refractivity contribution >= 4 is 0 Å². The van der Waals surface area contributed by atoms with Crippen LogP contribution in [0.1, 0.15) is 143 Å². The summed E-state index contributed by atoms with van der Waals surface area (Å²) in [6.07, 6.45) is 24.8. The average Bonchev–Trinajstić information content (AvgIpc) is 3.03. The molecule has 28 heavy (non-hydrogen) atoms. The maximum Gasteiger partial charge on any atom is 0.0940 e. The molecule has 0 spiro atoms. The predicted molar refractivity (Wildman–Crippen MR) is 123 cm³/mol. The van der Waals surface area contributed by atoms with E-state index in [9.17, 15) is 0 Å². The fourth-order valence-corrected chi connectivity index (χ4v) is 4.64. The highest BCUT2D eigenvalue weighted by atomic mass is 16.6. The summed E-state index contributed by atoms with van der Waals surface area (Å²) in [5.41, 5.74) is -0.0538. The second-order valence-corrected chi connectivity index (χ2v) is 9.52. The van der Waals surface area contributed by atoms with Crippen molar-refractivity contribution in [3.8, 4) is 0 Å². The van der Waals surface area contributed by atoms with Gasteiger partial charge in [-0.15, -0.1) is 0 Å². The fourth-order valence-electron chi connectivity index (χ4n) is 4.64. The van der Waals surface area contributed by atoms with Gasteiger partial charge in [0.05, 0.1) is 17.8 Å². The molecule has 0 aromatic carbocycles. The van der Waals surface area contributed by atoms with Gasteiger partial charge in [0.25, 0.3) is 0 Å². The second kappa shape index (κ2) is 16.7. The summed E-state index contributed by atoms with van der Waals surface area (Å²) in [6, 6.07) is 0. The highest BCUT2D eigenvalue weighted by molar-refractivity contribution is 4.90. The summed E-state index contributed by atoms with van der Waals surface area (Å²) in [5.74, 6) is 0. The zero-order valence-electron chi connectivity index (χ0n) is 19.9. The topological polar surface area (TPSA) is 18.5 Å². The van der Waals surface area contributed by atoms with Crippen molar-refractivity contribution in [1.29, 1.82) is 0 Å². The summed E-state index contributed by atoms with van der Waals surface area (Å²) in [6.45, 7) is 10.0. The molecule has 0 amide bonds. The molecule has 3 unspecified atom stereocenters. The molecule has 0 bridgehead atoms. The number of hydrogen-bond acceptors (Lipinski definition) is 2. The molecule has 0 saturated carbocycles. The highest BCUT2D eigenvalue weighted by Gasteiger charge is 2.41. The molecule has 1 aliphatic heterocycles. The molecule has 0 radical (unpaired) electrons. The third-order valence-corrected chi connectivity index (χ3v) is 6.60. The Bertz CT molecular complexity index is 343. The van der Waals surface area contributed by atoms with Gasteiger partial charge < -0.3 is 9.47 Å². The van der Waals surface area contributed by atoms with Crippen molar-refractivity contribution in [2.45, 2.75) is 161 Å². The SMILES string of the molecule is CCCCCCCCCCC(C)OC1(C)CCOC1CCCCCCCCC. The third-order valence-electron chi connectivity index (χ3n) is 6.60. The van der Waals surface area contributed by atoms with E-state index < -0.39 is 0 Å². The predicted octanol–water partition coefficient (Wildman–Crippen LogP) is 8.61. The van der Waals surface area contributed by atoms with Crippen LogP contribution in [0.4, 0.5) is 0 Å². The van der Waals surface area contributed by atoms with E-state index in [0.717, 1.165) is 13.0 Å². The normalized spacial score (nSPS) is 23.4. The molecule has 0 N–H and O–H groups in total. The summed E-state index contributed by atoms with van der Waals surface area (Å²) < 4.78 is 12.6. The van der Waals surface area contributed by atoms with Crippen LogP contribution in [0.5, 0.6) is 0 Å². The first-order chi connectivity index (χ1) is 13.6. The lowest BCUT2D eigenvalue weighted by atomic mass is 9.92. The smallest absolute Gasteiger partial charge is 0.0940 e. The molecule has 0 aromatic rings. The molecule has 1 fully saturated rings. The van der Waals surface area contributed by atoms with Crippen molar-refractivity contribution in [3.05, 3.63) is 0 Å². The van der Waals surface area contributed by atoms with Gasteiger partial charge in [-0.1, -0.05) is 110 Å². The molecule has 3 atom stereocenters. The number of ether oxygens (including phenoxy) is 2. The number of unbranched alkanes of at least 4 members (excludes halogenated alkanes) is 13. The monoisotopic (exact) mass is 396 g/mol. The van der Waals surface area contributed by atoms with Gasteiger partial charge in [0.1, 0.15) is 0 Å². The van der Waals surface area contributed by atoms with Gasteiger partial charge in [-0.25, -0.2) is 0 Å². The minimum Gasteiger partial charge on any atom is -0.375 e. The van der Waals surface area contributed by atoms with Crippen LogP contribution in [0.25, 0.3) is 0 Å². The Balaban J connectivity index is 2.11. The summed E-state index contributed by atoms with van der Waals surface area (Å²) >= 11 is 0. The lowest BCUT2D eigenvalue weighted by Gasteiger charge is -2.33. The Morgan fingerprint density at radius 3 is 1.86 bits per heavy atom. The van der Waals surface area contributed by atoms with Gasteiger partial charge in [-0.05, 0) is 26.7 Å².